The van der Waals surface area contributed by atoms with Gasteiger partial charge in [-0.3, -0.25) is 9.69 Å². The van der Waals surface area contributed by atoms with Gasteiger partial charge in [0.15, 0.2) is 5.13 Å². The Kier molecular flexibility index (Phi) is 6.89. The smallest absolute Gasteiger partial charge is 0.239 e. The Balaban J connectivity index is 1.48. The number of thiazole rings is 1. The molecule has 0 saturated heterocycles. The zero-order valence-corrected chi connectivity index (χ0v) is 19.2. The van der Waals surface area contributed by atoms with E-state index in [1.54, 1.807) is 31.0 Å². The SMILES string of the molecule is COc1ccc(SCC(=O)N(CCCn2ccnc2)c2nc3ccc(C)cc3s2)cc1. The standard InChI is InChI=1S/C23H24N4O2S2/c1-17-4-9-20-21(14-17)31-23(25-20)27(12-3-11-26-13-10-24-16-26)22(28)15-30-19-7-5-18(29-2)6-8-19/h4-10,13-14,16H,3,11-12,15H2,1-2H3. The maximum Gasteiger partial charge on any atom is 0.239 e. The largest absolute Gasteiger partial charge is 0.497 e. The van der Waals surface area contributed by atoms with E-state index in [0.29, 0.717) is 12.3 Å². The number of carbonyl (C=O) groups is 1. The van der Waals surface area contributed by atoms with Gasteiger partial charge in [0.2, 0.25) is 5.91 Å². The number of anilines is 1. The van der Waals surface area contributed by atoms with Gasteiger partial charge in [0.25, 0.3) is 0 Å². The molecule has 0 N–H and O–H groups in total. The summed E-state index contributed by atoms with van der Waals surface area (Å²) < 4.78 is 8.33. The molecule has 0 fully saturated rings. The molecule has 6 nitrogen and oxygen atoms in total. The Morgan fingerprint density at radius 2 is 2.06 bits per heavy atom. The number of fused-ring (bicyclic) bond motifs is 1. The number of hydrogen-bond donors (Lipinski definition) is 0. The number of aryl methyl sites for hydroxylation is 2. The number of thioether (sulfide) groups is 1. The molecule has 160 valence electrons. The molecule has 0 radical (unpaired) electrons. The summed E-state index contributed by atoms with van der Waals surface area (Å²) in [5.74, 6) is 1.22. The number of aromatic nitrogens is 3. The van der Waals surface area contributed by atoms with Crippen molar-refractivity contribution in [3.63, 3.8) is 0 Å². The van der Waals surface area contributed by atoms with E-state index in [0.717, 1.165) is 39.0 Å². The van der Waals surface area contributed by atoms with Gasteiger partial charge in [0, 0.05) is 30.4 Å². The molecule has 0 saturated carbocycles. The van der Waals surface area contributed by atoms with Crippen LogP contribution in [0.25, 0.3) is 10.2 Å². The molecule has 4 aromatic rings. The van der Waals surface area contributed by atoms with Gasteiger partial charge in [-0.25, -0.2) is 9.97 Å². The molecule has 2 aromatic heterocycles. The first-order valence-electron chi connectivity index (χ1n) is 10.0. The zero-order chi connectivity index (χ0) is 21.6. The third-order valence-corrected chi connectivity index (χ3v) is 6.88. The lowest BCUT2D eigenvalue weighted by Gasteiger charge is -2.20. The first kappa shape index (κ1) is 21.4. The number of nitrogens with zero attached hydrogens (tertiary/aromatic N) is 4. The Morgan fingerprint density at radius 1 is 1.23 bits per heavy atom. The van der Waals surface area contributed by atoms with E-state index >= 15 is 0 Å². The minimum absolute atomic E-state index is 0.0576. The predicted octanol–water partition coefficient (Wildman–Crippen LogP) is 5.03. The second kappa shape index (κ2) is 9.98. The molecule has 2 aromatic carbocycles. The number of amides is 1. The molecule has 0 spiro atoms. The molecule has 2 heterocycles. The summed E-state index contributed by atoms with van der Waals surface area (Å²) >= 11 is 3.10. The highest BCUT2D eigenvalue weighted by molar-refractivity contribution is 8.00. The molecule has 1 amide bonds. The molecule has 0 aliphatic heterocycles. The molecular weight excluding hydrogens is 428 g/mol. The average molecular weight is 453 g/mol. The van der Waals surface area contributed by atoms with Crippen LogP contribution < -0.4 is 9.64 Å². The van der Waals surface area contributed by atoms with Crippen LogP contribution in [-0.4, -0.2) is 39.8 Å². The molecule has 0 atom stereocenters. The molecule has 0 bridgehead atoms. The minimum atomic E-state index is 0.0576. The highest BCUT2D eigenvalue weighted by Crippen LogP contribution is 2.31. The van der Waals surface area contributed by atoms with Gasteiger partial charge in [-0.2, -0.15) is 0 Å². The van der Waals surface area contributed by atoms with Crippen molar-refractivity contribution < 1.29 is 9.53 Å². The quantitative estimate of drug-likeness (QED) is 0.334. The van der Waals surface area contributed by atoms with Crippen molar-refractivity contribution in [1.82, 2.24) is 14.5 Å². The lowest BCUT2D eigenvalue weighted by molar-refractivity contribution is -0.116. The summed E-state index contributed by atoms with van der Waals surface area (Å²) in [6.45, 7) is 3.48. The topological polar surface area (TPSA) is 60.2 Å². The highest BCUT2D eigenvalue weighted by Gasteiger charge is 2.20. The van der Waals surface area contributed by atoms with Crippen LogP contribution in [0.15, 0.2) is 66.1 Å². The number of ether oxygens (including phenoxy) is 1. The Hall–Kier alpha value is -2.84. The van der Waals surface area contributed by atoms with Crippen molar-refractivity contribution in [1.29, 1.82) is 0 Å². The Labute approximate surface area is 189 Å². The Bertz CT molecular complexity index is 1140. The van der Waals surface area contributed by atoms with E-state index < -0.39 is 0 Å². The maximum absolute atomic E-state index is 13.2. The average Bonchev–Trinajstić information content (AvgIpc) is 3.44. The van der Waals surface area contributed by atoms with E-state index in [-0.39, 0.29) is 5.91 Å². The summed E-state index contributed by atoms with van der Waals surface area (Å²) in [6, 6.07) is 14.0. The molecule has 0 aliphatic rings. The van der Waals surface area contributed by atoms with Crippen LogP contribution in [0.1, 0.15) is 12.0 Å². The van der Waals surface area contributed by atoms with Gasteiger partial charge >= 0.3 is 0 Å². The lowest BCUT2D eigenvalue weighted by atomic mass is 10.2. The first-order valence-corrected chi connectivity index (χ1v) is 11.8. The number of methoxy groups -OCH3 is 1. The molecular formula is C23H24N4O2S2. The normalized spacial score (nSPS) is 11.0. The van der Waals surface area contributed by atoms with E-state index in [2.05, 4.69) is 24.0 Å². The molecule has 31 heavy (non-hydrogen) atoms. The van der Waals surface area contributed by atoms with Crippen molar-refractivity contribution in [2.24, 2.45) is 0 Å². The minimum Gasteiger partial charge on any atom is -0.497 e. The second-order valence-corrected chi connectivity index (χ2v) is 9.19. The first-order chi connectivity index (χ1) is 15.1. The zero-order valence-electron chi connectivity index (χ0n) is 17.5. The van der Waals surface area contributed by atoms with Gasteiger partial charge in [-0.05, 0) is 55.3 Å². The molecule has 0 aliphatic carbocycles. The lowest BCUT2D eigenvalue weighted by Crippen LogP contribution is -2.33. The number of imidazole rings is 1. The summed E-state index contributed by atoms with van der Waals surface area (Å²) in [4.78, 5) is 24.9. The van der Waals surface area contributed by atoms with Crippen molar-refractivity contribution in [2.45, 2.75) is 24.8 Å². The van der Waals surface area contributed by atoms with Crippen LogP contribution in [0.5, 0.6) is 5.75 Å². The van der Waals surface area contributed by atoms with E-state index in [4.69, 9.17) is 9.72 Å². The summed E-state index contributed by atoms with van der Waals surface area (Å²) in [5.41, 5.74) is 2.12. The van der Waals surface area contributed by atoms with Crippen molar-refractivity contribution in [3.8, 4) is 5.75 Å². The summed E-state index contributed by atoms with van der Waals surface area (Å²) in [7, 11) is 1.65. The third kappa shape index (κ3) is 5.45. The van der Waals surface area contributed by atoms with Crippen LogP contribution in [0.4, 0.5) is 5.13 Å². The number of hydrogen-bond acceptors (Lipinski definition) is 6. The highest BCUT2D eigenvalue weighted by atomic mass is 32.2. The number of rotatable bonds is 9. The van der Waals surface area contributed by atoms with E-state index in [9.17, 15) is 4.79 Å². The van der Waals surface area contributed by atoms with Crippen molar-refractivity contribution in [2.75, 3.05) is 24.3 Å². The summed E-state index contributed by atoms with van der Waals surface area (Å²) in [5, 5.41) is 0.756. The fourth-order valence-electron chi connectivity index (χ4n) is 3.19. The summed E-state index contributed by atoms with van der Waals surface area (Å²) in [6.07, 6.45) is 6.33. The van der Waals surface area contributed by atoms with Crippen molar-refractivity contribution in [3.05, 3.63) is 66.7 Å². The van der Waals surface area contributed by atoms with Crippen LogP contribution >= 0.6 is 23.1 Å². The second-order valence-electron chi connectivity index (χ2n) is 7.13. The van der Waals surface area contributed by atoms with Gasteiger partial charge in [-0.1, -0.05) is 17.4 Å². The predicted molar refractivity (Wildman–Crippen MR) is 127 cm³/mol. The van der Waals surface area contributed by atoms with Crippen LogP contribution in [0.3, 0.4) is 0 Å². The number of carbonyl (C=O) groups excluding carboxylic acids is 1. The van der Waals surface area contributed by atoms with Gasteiger partial charge in [0.05, 0.1) is 29.4 Å². The van der Waals surface area contributed by atoms with Gasteiger partial charge in [-0.15, -0.1) is 11.8 Å². The van der Waals surface area contributed by atoms with Crippen molar-refractivity contribution >= 4 is 44.4 Å². The monoisotopic (exact) mass is 452 g/mol. The maximum atomic E-state index is 13.2. The van der Waals surface area contributed by atoms with Crippen LogP contribution in [-0.2, 0) is 11.3 Å². The van der Waals surface area contributed by atoms with Gasteiger partial charge in [0.1, 0.15) is 5.75 Å². The molecule has 8 heteroatoms. The molecule has 4 rings (SSSR count). The fraction of sp³-hybridized carbons (Fsp3) is 0.261. The van der Waals surface area contributed by atoms with Crippen LogP contribution in [0.2, 0.25) is 0 Å². The third-order valence-electron chi connectivity index (χ3n) is 4.84. The molecule has 0 unspecified atom stereocenters. The number of benzene rings is 2. The fourth-order valence-corrected chi connectivity index (χ4v) is 5.07. The van der Waals surface area contributed by atoms with Gasteiger partial charge < -0.3 is 9.30 Å². The van der Waals surface area contributed by atoms with E-state index in [1.807, 2.05) is 46.0 Å². The van der Waals surface area contributed by atoms with E-state index in [1.165, 1.54) is 17.3 Å². The Morgan fingerprint density at radius 3 is 2.81 bits per heavy atom. The van der Waals surface area contributed by atoms with Crippen LogP contribution in [0, 0.1) is 6.92 Å².